The maximum atomic E-state index is 12.4. The normalized spacial score (nSPS) is 12.3. The minimum absolute atomic E-state index is 0.0172. The Morgan fingerprint density at radius 2 is 1.73 bits per heavy atom. The maximum Gasteiger partial charge on any atom is 0.242 e. The molecule has 0 saturated heterocycles. The standard InChI is InChI=1S/C17H19ClN2O5S/c1-11(20-26(22,23)14-7-4-12(18)5-8-14)17(21)19-15-9-6-13(24-2)10-16(15)25-3/h4-11,20H,1-3H3,(H,19,21)/t11-/m1/s1. The Balaban J connectivity index is 2.11. The van der Waals surface area contributed by atoms with Gasteiger partial charge in [0.1, 0.15) is 11.5 Å². The molecule has 0 aliphatic heterocycles. The van der Waals surface area contributed by atoms with E-state index in [4.69, 9.17) is 21.1 Å². The highest BCUT2D eigenvalue weighted by molar-refractivity contribution is 7.89. The fourth-order valence-electron chi connectivity index (χ4n) is 2.11. The Morgan fingerprint density at radius 3 is 2.31 bits per heavy atom. The summed E-state index contributed by atoms with van der Waals surface area (Å²) in [6.45, 7) is 1.44. The summed E-state index contributed by atoms with van der Waals surface area (Å²) in [4.78, 5) is 12.4. The minimum atomic E-state index is -3.86. The number of methoxy groups -OCH3 is 2. The molecule has 0 aliphatic rings. The first-order valence-corrected chi connectivity index (χ1v) is 9.43. The number of anilines is 1. The number of hydrogen-bond acceptors (Lipinski definition) is 5. The monoisotopic (exact) mass is 398 g/mol. The highest BCUT2D eigenvalue weighted by Gasteiger charge is 2.23. The molecule has 1 amide bonds. The van der Waals surface area contributed by atoms with E-state index in [9.17, 15) is 13.2 Å². The summed E-state index contributed by atoms with van der Waals surface area (Å²) in [6, 6.07) is 9.51. The van der Waals surface area contributed by atoms with Crippen LogP contribution in [0.5, 0.6) is 11.5 Å². The van der Waals surface area contributed by atoms with E-state index in [1.807, 2.05) is 0 Å². The zero-order chi connectivity index (χ0) is 19.3. The molecule has 2 aromatic carbocycles. The molecule has 2 N–H and O–H groups in total. The van der Waals surface area contributed by atoms with Crippen molar-refractivity contribution < 1.29 is 22.7 Å². The van der Waals surface area contributed by atoms with Crippen LogP contribution in [0.2, 0.25) is 5.02 Å². The molecule has 2 rings (SSSR count). The largest absolute Gasteiger partial charge is 0.497 e. The number of carbonyl (C=O) groups excluding carboxylic acids is 1. The SMILES string of the molecule is COc1ccc(NC(=O)[C@@H](C)NS(=O)(=O)c2ccc(Cl)cc2)c(OC)c1. The lowest BCUT2D eigenvalue weighted by molar-refractivity contribution is -0.117. The van der Waals surface area contributed by atoms with Crippen molar-refractivity contribution in [1.29, 1.82) is 0 Å². The fourth-order valence-corrected chi connectivity index (χ4v) is 3.44. The smallest absolute Gasteiger partial charge is 0.242 e. The van der Waals surface area contributed by atoms with Crippen molar-refractivity contribution in [1.82, 2.24) is 4.72 Å². The van der Waals surface area contributed by atoms with Gasteiger partial charge in [0.15, 0.2) is 0 Å². The van der Waals surface area contributed by atoms with E-state index in [0.717, 1.165) is 0 Å². The molecule has 1 atom stereocenters. The molecule has 0 aliphatic carbocycles. The number of benzene rings is 2. The van der Waals surface area contributed by atoms with Crippen LogP contribution >= 0.6 is 11.6 Å². The van der Waals surface area contributed by atoms with Crippen LogP contribution in [0.4, 0.5) is 5.69 Å². The van der Waals surface area contributed by atoms with Gasteiger partial charge in [-0.3, -0.25) is 4.79 Å². The summed E-state index contributed by atoms with van der Waals surface area (Å²) in [7, 11) is -0.891. The molecule has 9 heteroatoms. The predicted octanol–water partition coefficient (Wildman–Crippen LogP) is 2.66. The van der Waals surface area contributed by atoms with Crippen molar-refractivity contribution in [2.24, 2.45) is 0 Å². The molecule has 0 unspecified atom stereocenters. The first-order chi connectivity index (χ1) is 12.3. The Kier molecular flexibility index (Phi) is 6.47. The summed E-state index contributed by atoms with van der Waals surface area (Å²) in [5.74, 6) is 0.424. The summed E-state index contributed by atoms with van der Waals surface area (Å²) in [6.07, 6.45) is 0. The van der Waals surface area contributed by atoms with Crippen LogP contribution in [0.15, 0.2) is 47.4 Å². The molecule has 0 heterocycles. The maximum absolute atomic E-state index is 12.4. The van der Waals surface area contributed by atoms with Crippen LogP contribution in [0.1, 0.15) is 6.92 Å². The molecule has 0 fully saturated rings. The van der Waals surface area contributed by atoms with E-state index in [1.54, 1.807) is 18.2 Å². The van der Waals surface area contributed by atoms with Crippen LogP contribution in [0.3, 0.4) is 0 Å². The van der Waals surface area contributed by atoms with Gasteiger partial charge in [-0.15, -0.1) is 0 Å². The molecule has 7 nitrogen and oxygen atoms in total. The number of rotatable bonds is 7. The molecular weight excluding hydrogens is 380 g/mol. The Hall–Kier alpha value is -2.29. The average molecular weight is 399 g/mol. The minimum Gasteiger partial charge on any atom is -0.497 e. The number of sulfonamides is 1. The van der Waals surface area contributed by atoms with Gasteiger partial charge in [-0.1, -0.05) is 11.6 Å². The van der Waals surface area contributed by atoms with Crippen LogP contribution in [-0.4, -0.2) is 34.6 Å². The highest BCUT2D eigenvalue weighted by Crippen LogP contribution is 2.29. The van der Waals surface area contributed by atoms with Crippen molar-refractivity contribution in [3.05, 3.63) is 47.5 Å². The lowest BCUT2D eigenvalue weighted by Crippen LogP contribution is -2.41. The second-order valence-corrected chi connectivity index (χ2v) is 7.50. The van der Waals surface area contributed by atoms with E-state index in [2.05, 4.69) is 10.0 Å². The number of halogens is 1. The molecule has 140 valence electrons. The van der Waals surface area contributed by atoms with E-state index in [0.29, 0.717) is 22.2 Å². The third kappa shape index (κ3) is 4.87. The third-order valence-corrected chi connectivity index (χ3v) is 5.32. The van der Waals surface area contributed by atoms with Crippen LogP contribution in [-0.2, 0) is 14.8 Å². The van der Waals surface area contributed by atoms with Gasteiger partial charge >= 0.3 is 0 Å². The highest BCUT2D eigenvalue weighted by atomic mass is 35.5. The molecule has 0 bridgehead atoms. The molecule has 0 radical (unpaired) electrons. The first kappa shape index (κ1) is 20.0. The van der Waals surface area contributed by atoms with Crippen molar-refractivity contribution in [2.75, 3.05) is 19.5 Å². The van der Waals surface area contributed by atoms with Crippen LogP contribution < -0.4 is 19.5 Å². The van der Waals surface area contributed by atoms with Gasteiger partial charge < -0.3 is 14.8 Å². The topological polar surface area (TPSA) is 93.7 Å². The van der Waals surface area contributed by atoms with E-state index < -0.39 is 22.0 Å². The Morgan fingerprint density at radius 1 is 1.08 bits per heavy atom. The Bertz CT molecular complexity index is 885. The first-order valence-electron chi connectivity index (χ1n) is 7.57. The number of hydrogen-bond donors (Lipinski definition) is 2. The zero-order valence-corrected chi connectivity index (χ0v) is 16.0. The van der Waals surface area contributed by atoms with Gasteiger partial charge in [0.05, 0.1) is 30.8 Å². The number of carbonyl (C=O) groups is 1. The van der Waals surface area contributed by atoms with E-state index >= 15 is 0 Å². The lowest BCUT2D eigenvalue weighted by Gasteiger charge is -2.16. The predicted molar refractivity (Wildman–Crippen MR) is 99.4 cm³/mol. The van der Waals surface area contributed by atoms with Crippen LogP contribution in [0.25, 0.3) is 0 Å². The van der Waals surface area contributed by atoms with E-state index in [-0.39, 0.29) is 4.90 Å². The molecule has 0 saturated carbocycles. The van der Waals surface area contributed by atoms with Gasteiger partial charge in [-0.25, -0.2) is 8.42 Å². The summed E-state index contributed by atoms with van der Waals surface area (Å²) in [5.41, 5.74) is 0.399. The van der Waals surface area contributed by atoms with Crippen molar-refractivity contribution in [3.63, 3.8) is 0 Å². The van der Waals surface area contributed by atoms with Gasteiger partial charge in [0.2, 0.25) is 15.9 Å². The lowest BCUT2D eigenvalue weighted by atomic mass is 10.2. The number of nitrogens with one attached hydrogen (secondary N) is 2. The van der Waals surface area contributed by atoms with Gasteiger partial charge in [0, 0.05) is 11.1 Å². The zero-order valence-electron chi connectivity index (χ0n) is 14.4. The average Bonchev–Trinajstić information content (AvgIpc) is 2.61. The van der Waals surface area contributed by atoms with Crippen molar-refractivity contribution >= 4 is 33.2 Å². The summed E-state index contributed by atoms with van der Waals surface area (Å²) in [5, 5.41) is 3.05. The molecular formula is C17H19ClN2O5S. The quantitative estimate of drug-likeness (QED) is 0.747. The second kappa shape index (κ2) is 8.39. The second-order valence-electron chi connectivity index (χ2n) is 5.35. The van der Waals surface area contributed by atoms with Gasteiger partial charge in [0.25, 0.3) is 0 Å². The number of ether oxygens (including phenoxy) is 2. The van der Waals surface area contributed by atoms with E-state index in [1.165, 1.54) is 45.4 Å². The van der Waals surface area contributed by atoms with Crippen molar-refractivity contribution in [3.8, 4) is 11.5 Å². The van der Waals surface area contributed by atoms with Crippen LogP contribution in [0, 0.1) is 0 Å². The fraction of sp³-hybridized carbons (Fsp3) is 0.235. The summed E-state index contributed by atoms with van der Waals surface area (Å²) < 4.78 is 37.3. The van der Waals surface area contributed by atoms with Crippen molar-refractivity contribution in [2.45, 2.75) is 17.9 Å². The Labute approximate surface area is 157 Å². The molecule has 0 spiro atoms. The molecule has 26 heavy (non-hydrogen) atoms. The third-order valence-electron chi connectivity index (χ3n) is 3.52. The molecule has 0 aromatic heterocycles. The molecule has 2 aromatic rings. The van der Waals surface area contributed by atoms with Gasteiger partial charge in [-0.05, 0) is 43.3 Å². The summed E-state index contributed by atoms with van der Waals surface area (Å²) >= 11 is 5.76. The number of amides is 1. The van der Waals surface area contributed by atoms with Gasteiger partial charge in [-0.2, -0.15) is 4.72 Å².